The fraction of sp³-hybridized carbons (Fsp3) is 0.364. The minimum Gasteiger partial charge on any atom is -0.467 e. The first-order valence-corrected chi connectivity index (χ1v) is 10.5. The Balaban J connectivity index is 0.00000341. The second-order valence-corrected chi connectivity index (χ2v) is 8.33. The van der Waals surface area contributed by atoms with Gasteiger partial charge in [-0.15, -0.1) is 12.4 Å². The van der Waals surface area contributed by atoms with Gasteiger partial charge in [-0.05, 0) is 40.2 Å². The largest absolute Gasteiger partial charge is 0.467 e. The highest BCUT2D eigenvalue weighted by Gasteiger charge is 2.23. The summed E-state index contributed by atoms with van der Waals surface area (Å²) in [6, 6.07) is 7.74. The Bertz CT molecular complexity index is 1090. The first-order chi connectivity index (χ1) is 14.2. The molecule has 1 N–H and O–H groups in total. The number of benzene rings is 1. The molecule has 0 saturated carbocycles. The van der Waals surface area contributed by atoms with E-state index >= 15 is 0 Å². The molecule has 9 heteroatoms. The summed E-state index contributed by atoms with van der Waals surface area (Å²) in [4.78, 5) is 29.2. The van der Waals surface area contributed by atoms with Crippen molar-refractivity contribution in [3.63, 3.8) is 0 Å². The van der Waals surface area contributed by atoms with Crippen LogP contribution >= 0.6 is 23.7 Å². The molecule has 0 fully saturated rings. The van der Waals surface area contributed by atoms with Crippen LogP contribution in [0.25, 0.3) is 5.13 Å². The van der Waals surface area contributed by atoms with Gasteiger partial charge in [0.25, 0.3) is 5.91 Å². The standard InChI is InChI=1S/C22H26N4O3S.ClH/c1-12-7-9-17(10-8-12)11-18-13(2)25-26(16(18)5)22-24-14(3)19(30-22)20(27)23-15(4)21(28)29-6;/h7-10,15H,11H2,1-6H3,(H,23,27);1H. The lowest BCUT2D eigenvalue weighted by Crippen LogP contribution is -2.39. The number of hydrogen-bond donors (Lipinski definition) is 1. The van der Waals surface area contributed by atoms with E-state index in [1.54, 1.807) is 18.5 Å². The molecule has 0 radical (unpaired) electrons. The predicted octanol–water partition coefficient (Wildman–Crippen LogP) is 3.87. The van der Waals surface area contributed by atoms with Gasteiger partial charge in [0.2, 0.25) is 5.13 Å². The van der Waals surface area contributed by atoms with Gasteiger partial charge in [-0.3, -0.25) is 4.79 Å². The normalized spacial score (nSPS) is 11.5. The van der Waals surface area contributed by atoms with Crippen LogP contribution in [0.15, 0.2) is 24.3 Å². The van der Waals surface area contributed by atoms with E-state index in [9.17, 15) is 9.59 Å². The molecule has 0 aliphatic rings. The smallest absolute Gasteiger partial charge is 0.328 e. The number of thiazole rings is 1. The van der Waals surface area contributed by atoms with Crippen molar-refractivity contribution in [2.75, 3.05) is 7.11 Å². The fourth-order valence-corrected chi connectivity index (χ4v) is 4.18. The van der Waals surface area contributed by atoms with Gasteiger partial charge in [0, 0.05) is 17.7 Å². The van der Waals surface area contributed by atoms with Crippen molar-refractivity contribution < 1.29 is 14.3 Å². The highest BCUT2D eigenvalue weighted by molar-refractivity contribution is 7.16. The van der Waals surface area contributed by atoms with Crippen LogP contribution in [0.5, 0.6) is 0 Å². The number of aromatic nitrogens is 3. The SMILES string of the molecule is COC(=O)C(C)NC(=O)c1sc(-n2nc(C)c(Cc3ccc(C)cc3)c2C)nc1C.Cl. The van der Waals surface area contributed by atoms with E-state index in [0.717, 1.165) is 23.4 Å². The van der Waals surface area contributed by atoms with Gasteiger partial charge >= 0.3 is 5.97 Å². The van der Waals surface area contributed by atoms with Gasteiger partial charge in [0.15, 0.2) is 0 Å². The third-order valence-corrected chi connectivity index (χ3v) is 6.15. The van der Waals surface area contributed by atoms with Crippen LogP contribution in [0, 0.1) is 27.7 Å². The molecule has 2 heterocycles. The summed E-state index contributed by atoms with van der Waals surface area (Å²) in [7, 11) is 1.29. The maximum absolute atomic E-state index is 12.6. The van der Waals surface area contributed by atoms with Gasteiger partial charge in [-0.25, -0.2) is 14.5 Å². The molecule has 1 unspecified atom stereocenters. The van der Waals surface area contributed by atoms with Crippen LogP contribution in [0.3, 0.4) is 0 Å². The van der Waals surface area contributed by atoms with Crippen molar-refractivity contribution in [1.82, 2.24) is 20.1 Å². The maximum Gasteiger partial charge on any atom is 0.328 e. The number of hydrogen-bond acceptors (Lipinski definition) is 6. The second kappa shape index (κ2) is 10.1. The highest BCUT2D eigenvalue weighted by Crippen LogP contribution is 2.26. The van der Waals surface area contributed by atoms with Crippen LogP contribution in [0.4, 0.5) is 0 Å². The van der Waals surface area contributed by atoms with E-state index in [0.29, 0.717) is 15.7 Å². The van der Waals surface area contributed by atoms with E-state index < -0.39 is 12.0 Å². The maximum atomic E-state index is 12.6. The molecule has 0 saturated heterocycles. The Labute approximate surface area is 192 Å². The molecule has 0 aliphatic carbocycles. The number of carbonyl (C=O) groups excluding carboxylic acids is 2. The molecule has 166 valence electrons. The van der Waals surface area contributed by atoms with E-state index in [1.807, 2.05) is 13.8 Å². The molecule has 1 amide bonds. The first-order valence-electron chi connectivity index (χ1n) is 9.68. The van der Waals surface area contributed by atoms with E-state index in [1.165, 1.54) is 29.6 Å². The number of halogens is 1. The van der Waals surface area contributed by atoms with E-state index in [2.05, 4.69) is 51.3 Å². The third-order valence-electron chi connectivity index (χ3n) is 5.02. The van der Waals surface area contributed by atoms with Crippen LogP contribution in [-0.4, -0.2) is 39.8 Å². The summed E-state index contributed by atoms with van der Waals surface area (Å²) in [6.45, 7) is 9.43. The number of aryl methyl sites for hydroxylation is 3. The molecule has 3 aromatic rings. The number of esters is 1. The summed E-state index contributed by atoms with van der Waals surface area (Å²) in [5, 5.41) is 7.94. The number of amides is 1. The lowest BCUT2D eigenvalue weighted by molar-refractivity contribution is -0.142. The zero-order valence-electron chi connectivity index (χ0n) is 18.5. The predicted molar refractivity (Wildman–Crippen MR) is 124 cm³/mol. The average Bonchev–Trinajstić information content (AvgIpc) is 3.23. The van der Waals surface area contributed by atoms with E-state index in [-0.39, 0.29) is 18.3 Å². The van der Waals surface area contributed by atoms with Crippen LogP contribution in [0.2, 0.25) is 0 Å². The molecule has 0 bridgehead atoms. The number of ether oxygens (including phenoxy) is 1. The Kier molecular flexibility index (Phi) is 7.97. The fourth-order valence-electron chi connectivity index (χ4n) is 3.21. The molecule has 1 atom stereocenters. The molecule has 2 aromatic heterocycles. The summed E-state index contributed by atoms with van der Waals surface area (Å²) in [5.74, 6) is -0.847. The molecule has 0 spiro atoms. The Morgan fingerprint density at radius 3 is 2.39 bits per heavy atom. The number of rotatable bonds is 6. The van der Waals surface area contributed by atoms with Crippen LogP contribution < -0.4 is 5.32 Å². The van der Waals surface area contributed by atoms with E-state index in [4.69, 9.17) is 0 Å². The highest BCUT2D eigenvalue weighted by atomic mass is 35.5. The van der Waals surface area contributed by atoms with Gasteiger partial charge in [-0.1, -0.05) is 41.2 Å². The molecule has 31 heavy (non-hydrogen) atoms. The lowest BCUT2D eigenvalue weighted by Gasteiger charge is -2.10. The number of methoxy groups -OCH3 is 1. The molecular weight excluding hydrogens is 436 g/mol. The second-order valence-electron chi connectivity index (χ2n) is 7.35. The molecule has 0 aliphatic heterocycles. The Hall–Kier alpha value is -2.71. The topological polar surface area (TPSA) is 86.1 Å². The number of carbonyl (C=O) groups is 2. The first kappa shape index (κ1) is 24.6. The minimum atomic E-state index is -0.734. The van der Waals surface area contributed by atoms with Crippen molar-refractivity contribution in [1.29, 1.82) is 0 Å². The molecular formula is C22H27ClN4O3S. The third kappa shape index (κ3) is 5.32. The number of nitrogens with one attached hydrogen (secondary N) is 1. The summed E-state index contributed by atoms with van der Waals surface area (Å²) < 4.78 is 6.45. The Morgan fingerprint density at radius 2 is 1.77 bits per heavy atom. The summed E-state index contributed by atoms with van der Waals surface area (Å²) in [6.07, 6.45) is 0.784. The lowest BCUT2D eigenvalue weighted by atomic mass is 10.0. The van der Waals surface area contributed by atoms with Crippen molar-refractivity contribution in [3.8, 4) is 5.13 Å². The zero-order valence-corrected chi connectivity index (χ0v) is 20.1. The van der Waals surface area contributed by atoms with Crippen molar-refractivity contribution >= 4 is 35.6 Å². The summed E-state index contributed by atoms with van der Waals surface area (Å²) in [5.41, 5.74) is 6.13. The summed E-state index contributed by atoms with van der Waals surface area (Å²) >= 11 is 1.25. The molecule has 3 rings (SSSR count). The van der Waals surface area contributed by atoms with Crippen molar-refractivity contribution in [2.45, 2.75) is 47.1 Å². The van der Waals surface area contributed by atoms with Gasteiger partial charge in [-0.2, -0.15) is 5.10 Å². The number of nitrogens with zero attached hydrogens (tertiary/aromatic N) is 3. The quantitative estimate of drug-likeness (QED) is 0.562. The van der Waals surface area contributed by atoms with Crippen molar-refractivity contribution in [3.05, 3.63) is 62.9 Å². The van der Waals surface area contributed by atoms with Gasteiger partial charge in [0.1, 0.15) is 10.9 Å². The molecule has 7 nitrogen and oxygen atoms in total. The monoisotopic (exact) mass is 462 g/mol. The Morgan fingerprint density at radius 1 is 1.13 bits per heavy atom. The van der Waals surface area contributed by atoms with Gasteiger partial charge in [0.05, 0.1) is 18.5 Å². The zero-order chi connectivity index (χ0) is 22.0. The average molecular weight is 463 g/mol. The van der Waals surface area contributed by atoms with Gasteiger partial charge < -0.3 is 10.1 Å². The van der Waals surface area contributed by atoms with Crippen molar-refractivity contribution in [2.24, 2.45) is 0 Å². The minimum absolute atomic E-state index is 0. The van der Waals surface area contributed by atoms with Crippen LogP contribution in [0.1, 0.15) is 50.4 Å². The van der Waals surface area contributed by atoms with Crippen LogP contribution in [-0.2, 0) is 16.0 Å². The molecule has 1 aromatic carbocycles.